The topological polar surface area (TPSA) is 66.4 Å². The molecule has 1 aromatic rings. The average molecular weight is 251 g/mol. The summed E-state index contributed by atoms with van der Waals surface area (Å²) in [5.41, 5.74) is 0.345. The molecule has 0 heterocycles. The van der Waals surface area contributed by atoms with Crippen molar-refractivity contribution in [3.8, 4) is 0 Å². The van der Waals surface area contributed by atoms with Crippen molar-refractivity contribution >= 4 is 18.0 Å². The first-order valence-electron chi connectivity index (χ1n) is 5.53. The van der Waals surface area contributed by atoms with E-state index in [1.807, 2.05) is 6.92 Å². The van der Waals surface area contributed by atoms with Crippen LogP contribution < -0.4 is 5.32 Å². The van der Waals surface area contributed by atoms with Crippen LogP contribution in [0.15, 0.2) is 24.3 Å². The first-order chi connectivity index (χ1) is 8.54. The lowest BCUT2D eigenvalue weighted by atomic mass is 10.1. The molecule has 5 heteroatoms. The Labute approximate surface area is 104 Å². The van der Waals surface area contributed by atoms with E-state index in [1.165, 1.54) is 18.2 Å². The maximum Gasteiger partial charge on any atom is 0.328 e. The van der Waals surface area contributed by atoms with Crippen LogP contribution in [0.3, 0.4) is 0 Å². The maximum absolute atomic E-state index is 13.6. The second-order valence-electron chi connectivity index (χ2n) is 3.67. The Balaban J connectivity index is 2.85. The number of rotatable bonds is 5. The van der Waals surface area contributed by atoms with Crippen molar-refractivity contribution in [2.75, 3.05) is 6.54 Å². The summed E-state index contributed by atoms with van der Waals surface area (Å²) in [7, 11) is 0. The summed E-state index contributed by atoms with van der Waals surface area (Å²) in [4.78, 5) is 21.8. The van der Waals surface area contributed by atoms with E-state index in [0.717, 1.165) is 18.6 Å². The Morgan fingerprint density at radius 3 is 2.72 bits per heavy atom. The minimum absolute atomic E-state index is 0.0454. The largest absolute Gasteiger partial charge is 0.478 e. The molecule has 0 bridgehead atoms. The minimum atomic E-state index is -1.11. The molecule has 0 aliphatic rings. The molecule has 1 rings (SSSR count). The summed E-state index contributed by atoms with van der Waals surface area (Å²) in [5.74, 6) is -2.25. The van der Waals surface area contributed by atoms with Gasteiger partial charge in [0.25, 0.3) is 5.91 Å². The molecule has 0 atom stereocenters. The molecule has 0 radical (unpaired) electrons. The molecule has 4 nitrogen and oxygen atoms in total. The van der Waals surface area contributed by atoms with Gasteiger partial charge < -0.3 is 10.4 Å². The highest BCUT2D eigenvalue weighted by Gasteiger charge is 2.10. The highest BCUT2D eigenvalue weighted by Crippen LogP contribution is 2.11. The molecule has 0 fully saturated rings. The average Bonchev–Trinajstić information content (AvgIpc) is 2.33. The Morgan fingerprint density at radius 1 is 1.44 bits per heavy atom. The highest BCUT2D eigenvalue weighted by atomic mass is 19.1. The molecule has 2 N–H and O–H groups in total. The molecule has 0 saturated carbocycles. The zero-order chi connectivity index (χ0) is 13.5. The van der Waals surface area contributed by atoms with Gasteiger partial charge in [0, 0.05) is 12.6 Å². The number of amides is 1. The lowest BCUT2D eigenvalue weighted by molar-refractivity contribution is -0.131. The quantitative estimate of drug-likeness (QED) is 0.787. The summed E-state index contributed by atoms with van der Waals surface area (Å²) >= 11 is 0. The van der Waals surface area contributed by atoms with Gasteiger partial charge >= 0.3 is 5.97 Å². The minimum Gasteiger partial charge on any atom is -0.478 e. The van der Waals surface area contributed by atoms with Gasteiger partial charge in [-0.25, -0.2) is 9.18 Å². The number of carboxylic acid groups (broad SMARTS) is 1. The number of halogens is 1. The van der Waals surface area contributed by atoms with E-state index < -0.39 is 17.7 Å². The van der Waals surface area contributed by atoms with Gasteiger partial charge in [-0.05, 0) is 30.2 Å². The van der Waals surface area contributed by atoms with Gasteiger partial charge in [0.15, 0.2) is 0 Å². The number of benzene rings is 1. The van der Waals surface area contributed by atoms with Crippen LogP contribution in [-0.4, -0.2) is 23.5 Å². The summed E-state index contributed by atoms with van der Waals surface area (Å²) < 4.78 is 13.6. The van der Waals surface area contributed by atoms with E-state index >= 15 is 0 Å². The summed E-state index contributed by atoms with van der Waals surface area (Å²) in [6.07, 6.45) is 2.94. The van der Waals surface area contributed by atoms with E-state index in [0.29, 0.717) is 12.1 Å². The van der Waals surface area contributed by atoms with Gasteiger partial charge in [-0.15, -0.1) is 0 Å². The Bertz CT molecular complexity index is 483. The smallest absolute Gasteiger partial charge is 0.328 e. The van der Waals surface area contributed by atoms with Crippen LogP contribution in [-0.2, 0) is 4.79 Å². The van der Waals surface area contributed by atoms with Crippen molar-refractivity contribution in [2.45, 2.75) is 13.3 Å². The second kappa shape index (κ2) is 6.54. The number of carbonyl (C=O) groups excluding carboxylic acids is 1. The van der Waals surface area contributed by atoms with Crippen LogP contribution in [0.1, 0.15) is 29.3 Å². The molecule has 0 saturated heterocycles. The van der Waals surface area contributed by atoms with Gasteiger partial charge in [0.2, 0.25) is 0 Å². The number of carbonyl (C=O) groups is 2. The molecule has 0 spiro atoms. The molecule has 0 aliphatic heterocycles. The Hall–Kier alpha value is -2.17. The van der Waals surface area contributed by atoms with Crippen LogP contribution >= 0.6 is 0 Å². The predicted molar refractivity (Wildman–Crippen MR) is 65.7 cm³/mol. The van der Waals surface area contributed by atoms with Crippen molar-refractivity contribution in [1.82, 2.24) is 5.32 Å². The second-order valence-corrected chi connectivity index (χ2v) is 3.67. The standard InChI is InChI=1S/C13H14FNO3/c1-2-7-15-13(18)10-5-3-9(8-11(10)14)4-6-12(16)17/h3-6,8H,2,7H2,1H3,(H,15,18)(H,16,17). The van der Waals surface area contributed by atoms with Crippen LogP contribution in [0.5, 0.6) is 0 Å². The van der Waals surface area contributed by atoms with E-state index in [2.05, 4.69) is 5.32 Å². The van der Waals surface area contributed by atoms with Gasteiger partial charge in [-0.1, -0.05) is 13.0 Å². The number of hydrogen-bond donors (Lipinski definition) is 2. The molecule has 0 unspecified atom stereocenters. The lowest BCUT2D eigenvalue weighted by Gasteiger charge is -2.05. The van der Waals surface area contributed by atoms with E-state index in [-0.39, 0.29) is 5.56 Å². The zero-order valence-corrected chi connectivity index (χ0v) is 9.94. The van der Waals surface area contributed by atoms with Gasteiger partial charge in [-0.2, -0.15) is 0 Å². The third-order valence-corrected chi connectivity index (χ3v) is 2.19. The summed E-state index contributed by atoms with van der Waals surface area (Å²) in [6, 6.07) is 3.95. The fourth-order valence-corrected chi connectivity index (χ4v) is 1.32. The third-order valence-electron chi connectivity index (χ3n) is 2.19. The first kappa shape index (κ1) is 13.9. The van der Waals surface area contributed by atoms with Crippen molar-refractivity contribution < 1.29 is 19.1 Å². The third kappa shape index (κ3) is 4.01. The van der Waals surface area contributed by atoms with Crippen molar-refractivity contribution in [2.24, 2.45) is 0 Å². The number of carboxylic acids is 1. The Morgan fingerprint density at radius 2 is 2.17 bits per heavy atom. The fourth-order valence-electron chi connectivity index (χ4n) is 1.32. The van der Waals surface area contributed by atoms with E-state index in [1.54, 1.807) is 0 Å². The maximum atomic E-state index is 13.6. The fraction of sp³-hybridized carbons (Fsp3) is 0.231. The van der Waals surface area contributed by atoms with Crippen molar-refractivity contribution in [3.63, 3.8) is 0 Å². The van der Waals surface area contributed by atoms with Crippen LogP contribution in [0.2, 0.25) is 0 Å². The molecule has 18 heavy (non-hydrogen) atoms. The zero-order valence-electron chi connectivity index (χ0n) is 9.94. The van der Waals surface area contributed by atoms with Crippen LogP contribution in [0.25, 0.3) is 6.08 Å². The number of nitrogens with one attached hydrogen (secondary N) is 1. The molecular weight excluding hydrogens is 237 g/mol. The number of aliphatic carboxylic acids is 1. The molecule has 0 aromatic heterocycles. The van der Waals surface area contributed by atoms with E-state index in [4.69, 9.17) is 5.11 Å². The molecule has 1 amide bonds. The van der Waals surface area contributed by atoms with Gasteiger partial charge in [0.05, 0.1) is 5.56 Å². The van der Waals surface area contributed by atoms with Crippen LogP contribution in [0, 0.1) is 5.82 Å². The highest BCUT2D eigenvalue weighted by molar-refractivity contribution is 5.94. The monoisotopic (exact) mass is 251 g/mol. The normalized spacial score (nSPS) is 10.6. The predicted octanol–water partition coefficient (Wildman–Crippen LogP) is 2.06. The van der Waals surface area contributed by atoms with Crippen LogP contribution in [0.4, 0.5) is 4.39 Å². The molecule has 96 valence electrons. The van der Waals surface area contributed by atoms with E-state index in [9.17, 15) is 14.0 Å². The first-order valence-corrected chi connectivity index (χ1v) is 5.53. The molecular formula is C13H14FNO3. The van der Waals surface area contributed by atoms with Crippen molar-refractivity contribution in [3.05, 3.63) is 41.2 Å². The Kier molecular flexibility index (Phi) is 5.05. The SMILES string of the molecule is CCCNC(=O)c1ccc(C=CC(=O)O)cc1F. The lowest BCUT2D eigenvalue weighted by Crippen LogP contribution is -2.24. The molecule has 0 aliphatic carbocycles. The van der Waals surface area contributed by atoms with Crippen molar-refractivity contribution in [1.29, 1.82) is 0 Å². The van der Waals surface area contributed by atoms with Gasteiger partial charge in [-0.3, -0.25) is 4.79 Å². The molecule has 1 aromatic carbocycles. The summed E-state index contributed by atoms with van der Waals surface area (Å²) in [6.45, 7) is 2.38. The summed E-state index contributed by atoms with van der Waals surface area (Å²) in [5, 5.41) is 11.0. The van der Waals surface area contributed by atoms with Gasteiger partial charge in [0.1, 0.15) is 5.82 Å². The number of hydrogen-bond acceptors (Lipinski definition) is 2.